The number of para-hydroxylation sites is 2. The molecule has 124 valence electrons. The van der Waals surface area contributed by atoms with Crippen molar-refractivity contribution >= 4 is 34.7 Å². The molecular formula is C16H21N3O3S. The Kier molecular flexibility index (Phi) is 6.04. The Labute approximate surface area is 139 Å². The summed E-state index contributed by atoms with van der Waals surface area (Å²) in [5, 5.41) is 5.78. The number of oxazole rings is 1. The summed E-state index contributed by atoms with van der Waals surface area (Å²) in [5.41, 5.74) is 1.46. The number of fused-ring (bicyclic) bond motifs is 1. The van der Waals surface area contributed by atoms with E-state index in [0.717, 1.165) is 5.52 Å². The van der Waals surface area contributed by atoms with Gasteiger partial charge in [-0.1, -0.05) is 37.7 Å². The van der Waals surface area contributed by atoms with Crippen LogP contribution in [0, 0.1) is 5.92 Å². The SMILES string of the molecule is CNC(=O)C(CC(C)C)NC(=O)CSc1nc2ccccc2o1. The fraction of sp³-hybridized carbons (Fsp3) is 0.438. The van der Waals surface area contributed by atoms with Crippen molar-refractivity contribution in [3.05, 3.63) is 24.3 Å². The van der Waals surface area contributed by atoms with Gasteiger partial charge in [-0.2, -0.15) is 0 Å². The second-order valence-corrected chi connectivity index (χ2v) is 6.53. The third-order valence-electron chi connectivity index (χ3n) is 3.21. The molecule has 2 amide bonds. The Hall–Kier alpha value is -2.02. The highest BCUT2D eigenvalue weighted by Crippen LogP contribution is 2.22. The van der Waals surface area contributed by atoms with Crippen LogP contribution in [0.25, 0.3) is 11.1 Å². The van der Waals surface area contributed by atoms with E-state index in [1.165, 1.54) is 11.8 Å². The van der Waals surface area contributed by atoms with Gasteiger partial charge >= 0.3 is 0 Å². The number of benzene rings is 1. The van der Waals surface area contributed by atoms with Gasteiger partial charge in [-0.15, -0.1) is 0 Å². The fourth-order valence-corrected chi connectivity index (χ4v) is 2.80. The van der Waals surface area contributed by atoms with Crippen LogP contribution in [0.15, 0.2) is 33.9 Å². The van der Waals surface area contributed by atoms with Crippen molar-refractivity contribution in [1.82, 2.24) is 15.6 Å². The lowest BCUT2D eigenvalue weighted by Crippen LogP contribution is -2.47. The molecule has 2 N–H and O–H groups in total. The van der Waals surface area contributed by atoms with E-state index in [4.69, 9.17) is 4.42 Å². The summed E-state index contributed by atoms with van der Waals surface area (Å²) < 4.78 is 5.55. The first kappa shape index (κ1) is 17.3. The van der Waals surface area contributed by atoms with Crippen LogP contribution in [0.5, 0.6) is 0 Å². The van der Waals surface area contributed by atoms with E-state index >= 15 is 0 Å². The largest absolute Gasteiger partial charge is 0.431 e. The van der Waals surface area contributed by atoms with E-state index < -0.39 is 6.04 Å². The van der Waals surface area contributed by atoms with Gasteiger partial charge in [-0.3, -0.25) is 9.59 Å². The topological polar surface area (TPSA) is 84.2 Å². The minimum atomic E-state index is -0.517. The van der Waals surface area contributed by atoms with E-state index in [0.29, 0.717) is 23.1 Å². The van der Waals surface area contributed by atoms with Crippen molar-refractivity contribution in [2.45, 2.75) is 31.5 Å². The van der Waals surface area contributed by atoms with Gasteiger partial charge in [0.15, 0.2) is 5.58 Å². The van der Waals surface area contributed by atoms with Gasteiger partial charge in [-0.25, -0.2) is 4.98 Å². The molecule has 2 aromatic rings. The summed E-state index contributed by atoms with van der Waals surface area (Å²) in [6.07, 6.45) is 0.596. The molecule has 0 aliphatic carbocycles. The lowest BCUT2D eigenvalue weighted by atomic mass is 10.0. The third kappa shape index (κ3) is 4.99. The molecule has 2 rings (SSSR count). The Morgan fingerprint density at radius 3 is 2.70 bits per heavy atom. The van der Waals surface area contributed by atoms with Gasteiger partial charge in [-0.05, 0) is 24.5 Å². The Morgan fingerprint density at radius 2 is 2.04 bits per heavy atom. The second kappa shape index (κ2) is 8.01. The maximum atomic E-state index is 12.1. The zero-order valence-corrected chi connectivity index (χ0v) is 14.3. The summed E-state index contributed by atoms with van der Waals surface area (Å²) in [6, 6.07) is 6.92. The van der Waals surface area contributed by atoms with Crippen LogP contribution in [-0.2, 0) is 9.59 Å². The fourth-order valence-electron chi connectivity index (χ4n) is 2.15. The number of aromatic nitrogens is 1. The minimum absolute atomic E-state index is 0.151. The molecule has 1 aromatic carbocycles. The summed E-state index contributed by atoms with van der Waals surface area (Å²) >= 11 is 1.21. The first-order chi connectivity index (χ1) is 11.0. The zero-order valence-electron chi connectivity index (χ0n) is 13.5. The number of nitrogens with zero attached hydrogens (tertiary/aromatic N) is 1. The highest BCUT2D eigenvalue weighted by atomic mass is 32.2. The molecule has 6 nitrogen and oxygen atoms in total. The van der Waals surface area contributed by atoms with Crippen LogP contribution in [0.1, 0.15) is 20.3 Å². The predicted octanol–water partition coefficient (Wildman–Crippen LogP) is 2.20. The van der Waals surface area contributed by atoms with E-state index in [2.05, 4.69) is 15.6 Å². The molecule has 1 unspecified atom stereocenters. The van der Waals surface area contributed by atoms with Crippen molar-refractivity contribution in [3.8, 4) is 0 Å². The molecule has 7 heteroatoms. The molecule has 1 atom stereocenters. The summed E-state index contributed by atoms with van der Waals surface area (Å²) in [4.78, 5) is 28.2. The molecule has 0 aliphatic heterocycles. The summed E-state index contributed by atoms with van der Waals surface area (Å²) in [6.45, 7) is 4.02. The van der Waals surface area contributed by atoms with E-state index in [-0.39, 0.29) is 17.6 Å². The molecule has 0 bridgehead atoms. The molecule has 0 aliphatic rings. The number of nitrogens with one attached hydrogen (secondary N) is 2. The average Bonchev–Trinajstić information content (AvgIpc) is 2.94. The Morgan fingerprint density at radius 1 is 1.30 bits per heavy atom. The molecule has 23 heavy (non-hydrogen) atoms. The minimum Gasteiger partial charge on any atom is -0.431 e. The van der Waals surface area contributed by atoms with E-state index in [1.807, 2.05) is 38.1 Å². The van der Waals surface area contributed by atoms with Crippen LogP contribution in [0.4, 0.5) is 0 Å². The third-order valence-corrected chi connectivity index (χ3v) is 4.03. The molecule has 0 fully saturated rings. The average molecular weight is 335 g/mol. The molecule has 1 heterocycles. The van der Waals surface area contributed by atoms with Gasteiger partial charge in [0.2, 0.25) is 11.8 Å². The van der Waals surface area contributed by atoms with Crippen molar-refractivity contribution in [3.63, 3.8) is 0 Å². The van der Waals surface area contributed by atoms with Crippen molar-refractivity contribution in [1.29, 1.82) is 0 Å². The number of thioether (sulfide) groups is 1. The number of rotatable bonds is 7. The lowest BCUT2D eigenvalue weighted by Gasteiger charge is -2.18. The maximum Gasteiger partial charge on any atom is 0.257 e. The van der Waals surface area contributed by atoms with Crippen LogP contribution in [-0.4, -0.2) is 35.6 Å². The number of hydrogen-bond acceptors (Lipinski definition) is 5. The lowest BCUT2D eigenvalue weighted by molar-refractivity contribution is -0.127. The summed E-state index contributed by atoms with van der Waals surface area (Å²) in [5.74, 6) is 0.0611. The van der Waals surface area contributed by atoms with Crippen molar-refractivity contribution in [2.75, 3.05) is 12.8 Å². The van der Waals surface area contributed by atoms with Crippen LogP contribution >= 0.6 is 11.8 Å². The van der Waals surface area contributed by atoms with Crippen LogP contribution in [0.2, 0.25) is 0 Å². The van der Waals surface area contributed by atoms with Gasteiger partial charge < -0.3 is 15.1 Å². The quantitative estimate of drug-likeness (QED) is 0.758. The molecular weight excluding hydrogens is 314 g/mol. The normalized spacial score (nSPS) is 12.3. The molecule has 0 saturated heterocycles. The smallest absolute Gasteiger partial charge is 0.257 e. The highest BCUT2D eigenvalue weighted by molar-refractivity contribution is 7.99. The zero-order chi connectivity index (χ0) is 16.8. The van der Waals surface area contributed by atoms with Crippen LogP contribution in [0.3, 0.4) is 0 Å². The summed E-state index contributed by atoms with van der Waals surface area (Å²) in [7, 11) is 1.56. The van der Waals surface area contributed by atoms with Crippen molar-refractivity contribution in [2.24, 2.45) is 5.92 Å². The van der Waals surface area contributed by atoms with E-state index in [1.54, 1.807) is 7.05 Å². The van der Waals surface area contributed by atoms with Crippen LogP contribution < -0.4 is 10.6 Å². The number of hydrogen-bond donors (Lipinski definition) is 2. The first-order valence-electron chi connectivity index (χ1n) is 7.49. The van der Waals surface area contributed by atoms with Gasteiger partial charge in [0.25, 0.3) is 5.22 Å². The Balaban J connectivity index is 1.91. The predicted molar refractivity (Wildman–Crippen MR) is 90.2 cm³/mol. The standard InChI is InChI=1S/C16H21N3O3S/c1-10(2)8-12(15(21)17-3)18-14(20)9-23-16-19-11-6-4-5-7-13(11)22-16/h4-7,10,12H,8-9H2,1-3H3,(H,17,21)(H,18,20). The maximum absolute atomic E-state index is 12.1. The molecule has 0 saturated carbocycles. The van der Waals surface area contributed by atoms with E-state index in [9.17, 15) is 9.59 Å². The number of carbonyl (C=O) groups is 2. The molecule has 0 spiro atoms. The number of likely N-dealkylation sites (N-methyl/N-ethyl adjacent to an activating group) is 1. The van der Waals surface area contributed by atoms with Gasteiger partial charge in [0, 0.05) is 7.05 Å². The second-order valence-electron chi connectivity index (χ2n) is 5.60. The Bertz CT molecular complexity index is 651. The molecule has 0 radical (unpaired) electrons. The number of amides is 2. The van der Waals surface area contributed by atoms with Gasteiger partial charge in [0.1, 0.15) is 11.6 Å². The first-order valence-corrected chi connectivity index (χ1v) is 8.47. The number of carbonyl (C=O) groups excluding carboxylic acids is 2. The molecule has 1 aromatic heterocycles. The van der Waals surface area contributed by atoms with Gasteiger partial charge in [0.05, 0.1) is 5.75 Å². The monoisotopic (exact) mass is 335 g/mol. The highest BCUT2D eigenvalue weighted by Gasteiger charge is 2.21. The van der Waals surface area contributed by atoms with Crippen molar-refractivity contribution < 1.29 is 14.0 Å².